The van der Waals surface area contributed by atoms with Crippen molar-refractivity contribution in [2.45, 2.75) is 11.1 Å². The van der Waals surface area contributed by atoms with Crippen molar-refractivity contribution in [3.63, 3.8) is 0 Å². The zero-order valence-corrected chi connectivity index (χ0v) is 8.59. The fourth-order valence-corrected chi connectivity index (χ4v) is 3.24. The molecule has 0 fully saturated rings. The summed E-state index contributed by atoms with van der Waals surface area (Å²) in [6.45, 7) is 1.48. The Labute approximate surface area is 76.2 Å². The minimum atomic E-state index is -4.34. The van der Waals surface area contributed by atoms with E-state index in [0.717, 1.165) is 11.3 Å². The molecule has 1 rings (SSSR count). The van der Waals surface area contributed by atoms with E-state index < -0.39 is 10.1 Å². The van der Waals surface area contributed by atoms with Crippen molar-refractivity contribution in [1.29, 1.82) is 0 Å². The smallest absolute Gasteiger partial charge is 0.160 e. The lowest BCUT2D eigenvalue weighted by Crippen LogP contribution is -1.97. The summed E-state index contributed by atoms with van der Waals surface area (Å²) < 4.78 is 31.6. The normalized spacial score (nSPS) is 11.9. The number of aryl methyl sites for hydroxylation is 1. The van der Waals surface area contributed by atoms with Crippen molar-refractivity contribution in [3.05, 3.63) is 9.61 Å². The van der Waals surface area contributed by atoms with Gasteiger partial charge in [-0.1, -0.05) is 11.3 Å². The number of thiazole rings is 1. The van der Waals surface area contributed by atoms with Gasteiger partial charge in [0.15, 0.2) is 3.92 Å². The second kappa shape index (κ2) is 2.81. The van der Waals surface area contributed by atoms with Gasteiger partial charge in [0.1, 0.15) is 14.3 Å². The van der Waals surface area contributed by atoms with Gasteiger partial charge in [-0.05, 0) is 22.9 Å². The van der Waals surface area contributed by atoms with Crippen LogP contribution in [0.25, 0.3) is 0 Å². The van der Waals surface area contributed by atoms with Gasteiger partial charge in [0.05, 0.1) is 5.69 Å². The molecule has 0 aliphatic carbocycles. The summed E-state index contributed by atoms with van der Waals surface area (Å²) in [5.74, 6) is 0. The van der Waals surface area contributed by atoms with Crippen LogP contribution in [0.15, 0.2) is 8.13 Å². The maximum atomic E-state index is 10.5. The zero-order valence-electron chi connectivity index (χ0n) is 5.37. The van der Waals surface area contributed by atoms with E-state index in [1.54, 1.807) is 0 Å². The van der Waals surface area contributed by atoms with Crippen LogP contribution < -0.4 is 0 Å². The summed E-state index contributed by atoms with van der Waals surface area (Å²) in [6.07, 6.45) is 0. The van der Waals surface area contributed by atoms with Crippen molar-refractivity contribution in [1.82, 2.24) is 4.98 Å². The first-order valence-corrected chi connectivity index (χ1v) is 5.52. The molecule has 0 saturated heterocycles. The fraction of sp³-hybridized carbons (Fsp3) is 0.250. The molecule has 0 unspecified atom stereocenters. The third-order valence-electron chi connectivity index (χ3n) is 0.955. The minimum absolute atomic E-state index is 0.218. The summed E-state index contributed by atoms with van der Waals surface area (Å²) in [4.78, 5) is 3.73. The number of nitrogens with zero attached hydrogens (tertiary/aromatic N) is 1. The van der Waals surface area contributed by atoms with Crippen LogP contribution in [0.4, 0.5) is 0 Å². The lowest BCUT2D eigenvalue weighted by molar-refractivity contribution is 0.464. The van der Waals surface area contributed by atoms with Crippen molar-refractivity contribution in [2.24, 2.45) is 0 Å². The maximum Gasteiger partial charge on any atom is 0.160 e. The first kappa shape index (κ1) is 9.11. The molecule has 1 aromatic heterocycles. The van der Waals surface area contributed by atoms with E-state index in [1.807, 2.05) is 0 Å². The molecule has 0 N–H and O–H groups in total. The molecular formula is C4H3BrNO3S2-. The molecule has 1 heterocycles. The minimum Gasteiger partial charge on any atom is -0.743 e. The van der Waals surface area contributed by atoms with Crippen molar-refractivity contribution >= 4 is 37.4 Å². The maximum absolute atomic E-state index is 10.5. The van der Waals surface area contributed by atoms with Gasteiger partial charge in [-0.3, -0.25) is 0 Å². The Hall–Kier alpha value is 0.0200. The molecule has 0 radical (unpaired) electrons. The molecule has 11 heavy (non-hydrogen) atoms. The van der Waals surface area contributed by atoms with Gasteiger partial charge in [0.25, 0.3) is 0 Å². The molecule has 0 aromatic carbocycles. The average Bonchev–Trinajstić information content (AvgIpc) is 2.08. The van der Waals surface area contributed by atoms with E-state index >= 15 is 0 Å². The fourth-order valence-electron chi connectivity index (χ4n) is 0.583. The van der Waals surface area contributed by atoms with Crippen LogP contribution in [-0.2, 0) is 10.1 Å². The standard InChI is InChI=1S/C4H4BrNO3S2/c1-2-3(11(7,8)9)10-4(5)6-2/h1H3,(H,7,8,9)/p-1. The van der Waals surface area contributed by atoms with Gasteiger partial charge < -0.3 is 4.55 Å². The van der Waals surface area contributed by atoms with Gasteiger partial charge in [-0.25, -0.2) is 13.4 Å². The molecule has 4 nitrogen and oxygen atoms in total. The third-order valence-corrected chi connectivity index (χ3v) is 3.97. The Morgan fingerprint density at radius 1 is 1.64 bits per heavy atom. The van der Waals surface area contributed by atoms with E-state index in [9.17, 15) is 13.0 Å². The number of aromatic nitrogens is 1. The molecule has 0 spiro atoms. The number of hydrogen-bond acceptors (Lipinski definition) is 5. The van der Waals surface area contributed by atoms with Crippen LogP contribution in [0.3, 0.4) is 0 Å². The van der Waals surface area contributed by atoms with Gasteiger partial charge in [0.2, 0.25) is 0 Å². The highest BCUT2D eigenvalue weighted by Crippen LogP contribution is 2.26. The number of halogens is 1. The summed E-state index contributed by atoms with van der Waals surface area (Å²) in [7, 11) is -4.34. The third kappa shape index (κ3) is 1.98. The SMILES string of the molecule is Cc1nc(Br)sc1S(=O)(=O)[O-]. The number of hydrogen-bond donors (Lipinski definition) is 0. The Morgan fingerprint density at radius 3 is 2.36 bits per heavy atom. The molecule has 0 saturated carbocycles. The highest BCUT2D eigenvalue weighted by Gasteiger charge is 2.10. The van der Waals surface area contributed by atoms with Crippen molar-refractivity contribution < 1.29 is 13.0 Å². The van der Waals surface area contributed by atoms with Crippen LogP contribution in [0.2, 0.25) is 0 Å². The Morgan fingerprint density at radius 2 is 2.18 bits per heavy atom. The highest BCUT2D eigenvalue weighted by atomic mass is 79.9. The van der Waals surface area contributed by atoms with Crippen molar-refractivity contribution in [2.75, 3.05) is 0 Å². The zero-order chi connectivity index (χ0) is 8.65. The highest BCUT2D eigenvalue weighted by molar-refractivity contribution is 9.11. The quantitative estimate of drug-likeness (QED) is 0.707. The Balaban J connectivity index is 3.36. The van der Waals surface area contributed by atoms with Crippen molar-refractivity contribution in [3.8, 4) is 0 Å². The summed E-state index contributed by atoms with van der Waals surface area (Å²) in [5, 5.41) is 0. The van der Waals surface area contributed by atoms with Gasteiger partial charge >= 0.3 is 0 Å². The summed E-state index contributed by atoms with van der Waals surface area (Å²) >= 11 is 3.81. The molecule has 7 heteroatoms. The van der Waals surface area contributed by atoms with E-state index in [1.165, 1.54) is 6.92 Å². The van der Waals surface area contributed by atoms with E-state index in [0.29, 0.717) is 3.92 Å². The molecule has 1 aromatic rings. The molecular weight excluding hydrogens is 254 g/mol. The van der Waals surface area contributed by atoms with Crippen LogP contribution >= 0.6 is 27.3 Å². The van der Waals surface area contributed by atoms with Gasteiger partial charge in [0, 0.05) is 0 Å². The Bertz CT molecular complexity index is 369. The largest absolute Gasteiger partial charge is 0.743 e. The lowest BCUT2D eigenvalue weighted by atomic mass is 10.6. The molecule has 0 aliphatic rings. The summed E-state index contributed by atoms with van der Waals surface area (Å²) in [6, 6.07) is 0. The summed E-state index contributed by atoms with van der Waals surface area (Å²) in [5.41, 5.74) is 0.247. The van der Waals surface area contributed by atoms with Crippen LogP contribution in [0.5, 0.6) is 0 Å². The van der Waals surface area contributed by atoms with Crippen LogP contribution in [0, 0.1) is 6.92 Å². The predicted molar refractivity (Wildman–Crippen MR) is 42.5 cm³/mol. The first-order valence-electron chi connectivity index (χ1n) is 2.50. The predicted octanol–water partition coefficient (Wildman–Crippen LogP) is 1.12. The van der Waals surface area contributed by atoms with E-state index in [4.69, 9.17) is 0 Å². The molecule has 0 aliphatic heterocycles. The van der Waals surface area contributed by atoms with Gasteiger partial charge in [-0.2, -0.15) is 0 Å². The van der Waals surface area contributed by atoms with E-state index in [2.05, 4.69) is 20.9 Å². The monoisotopic (exact) mass is 256 g/mol. The first-order chi connectivity index (χ1) is 4.91. The molecule has 0 bridgehead atoms. The van der Waals surface area contributed by atoms with Crippen LogP contribution in [-0.4, -0.2) is 18.0 Å². The molecule has 0 atom stereocenters. The molecule has 62 valence electrons. The average molecular weight is 257 g/mol. The van der Waals surface area contributed by atoms with E-state index in [-0.39, 0.29) is 9.90 Å². The lowest BCUT2D eigenvalue weighted by Gasteiger charge is -2.02. The Kier molecular flexibility index (Phi) is 2.33. The topological polar surface area (TPSA) is 70.1 Å². The number of rotatable bonds is 1. The van der Waals surface area contributed by atoms with Gasteiger partial charge in [-0.15, -0.1) is 0 Å². The second-order valence-corrected chi connectivity index (χ2v) is 5.64. The van der Waals surface area contributed by atoms with Crippen LogP contribution in [0.1, 0.15) is 5.69 Å². The molecule has 0 amide bonds. The second-order valence-electron chi connectivity index (χ2n) is 1.79.